The molecule has 3 rings (SSSR count). The van der Waals surface area contributed by atoms with Gasteiger partial charge in [0.15, 0.2) is 0 Å². The number of aryl methyl sites for hydroxylation is 1. The molecular weight excluding hydrogens is 261 g/mol. The van der Waals surface area contributed by atoms with Gasteiger partial charge in [-0.05, 0) is 0 Å². The molecular formula is C10H9NO3Se. The molecule has 1 aromatic heterocycles. The van der Waals surface area contributed by atoms with Crippen LogP contribution in [0.5, 0.6) is 11.5 Å². The predicted molar refractivity (Wildman–Crippen MR) is 56.9 cm³/mol. The van der Waals surface area contributed by atoms with Crippen LogP contribution in [0.25, 0.3) is 9.65 Å². The summed E-state index contributed by atoms with van der Waals surface area (Å²) in [7, 11) is 0. The van der Waals surface area contributed by atoms with Crippen molar-refractivity contribution in [2.45, 2.75) is 13.5 Å². The molecule has 0 saturated heterocycles. The minimum atomic E-state index is 0.0419. The van der Waals surface area contributed by atoms with Crippen LogP contribution in [0.15, 0.2) is 16.9 Å². The van der Waals surface area contributed by atoms with E-state index in [2.05, 4.69) is 0 Å². The third-order valence-corrected chi connectivity index (χ3v) is 5.02. The Morgan fingerprint density at radius 3 is 3.13 bits per heavy atom. The molecule has 0 saturated carbocycles. The Hall–Kier alpha value is -1.19. The van der Waals surface area contributed by atoms with Gasteiger partial charge in [0.25, 0.3) is 0 Å². The summed E-state index contributed by atoms with van der Waals surface area (Å²) < 4.78 is 13.6. The third-order valence-electron chi connectivity index (χ3n) is 2.44. The van der Waals surface area contributed by atoms with E-state index in [4.69, 9.17) is 9.47 Å². The van der Waals surface area contributed by atoms with Gasteiger partial charge in [-0.25, -0.2) is 0 Å². The monoisotopic (exact) mass is 271 g/mol. The van der Waals surface area contributed by atoms with Gasteiger partial charge in [0.1, 0.15) is 0 Å². The van der Waals surface area contributed by atoms with Crippen LogP contribution in [0.3, 0.4) is 0 Å². The second-order valence-corrected chi connectivity index (χ2v) is 5.43. The topological polar surface area (TPSA) is 40.5 Å². The van der Waals surface area contributed by atoms with E-state index < -0.39 is 0 Å². The molecule has 1 aromatic carbocycles. The van der Waals surface area contributed by atoms with Crippen LogP contribution in [0.4, 0.5) is 0 Å². The Balaban J connectivity index is 2.42. The summed E-state index contributed by atoms with van der Waals surface area (Å²) in [6.45, 7) is 3.01. The number of hydrogen-bond acceptors (Lipinski definition) is 3. The molecule has 0 radical (unpaired) electrons. The molecule has 4 nitrogen and oxygen atoms in total. The Bertz CT molecular complexity index is 584. The summed E-state index contributed by atoms with van der Waals surface area (Å²) in [5.74, 6) is 1.54. The number of hydrogen-bond donors (Lipinski definition) is 0. The summed E-state index contributed by atoms with van der Waals surface area (Å²) in [5, 5.41) is 0.779. The first-order valence-corrected chi connectivity index (χ1v) is 6.36. The fourth-order valence-electron chi connectivity index (χ4n) is 1.70. The van der Waals surface area contributed by atoms with Gasteiger partial charge in [-0.2, -0.15) is 0 Å². The van der Waals surface area contributed by atoms with Crippen LogP contribution < -0.4 is 15.0 Å². The van der Waals surface area contributed by atoms with E-state index in [1.807, 2.05) is 22.6 Å². The average molecular weight is 270 g/mol. The fourth-order valence-corrected chi connectivity index (χ4v) is 3.85. The molecule has 0 bridgehead atoms. The van der Waals surface area contributed by atoms with E-state index in [0.717, 1.165) is 27.7 Å². The number of ether oxygens (including phenoxy) is 2. The van der Waals surface area contributed by atoms with Crippen molar-refractivity contribution in [3.8, 4) is 11.5 Å². The molecule has 5 heteroatoms. The maximum absolute atomic E-state index is 11.9. The molecule has 0 spiro atoms. The van der Waals surface area contributed by atoms with E-state index in [-0.39, 0.29) is 27.1 Å². The third kappa shape index (κ3) is 1.17. The molecule has 15 heavy (non-hydrogen) atoms. The van der Waals surface area contributed by atoms with Gasteiger partial charge in [0.2, 0.25) is 0 Å². The molecule has 0 fully saturated rings. The molecule has 78 valence electrons. The van der Waals surface area contributed by atoms with Gasteiger partial charge in [0.05, 0.1) is 0 Å². The quantitative estimate of drug-likeness (QED) is 0.720. The average Bonchev–Trinajstić information content (AvgIpc) is 2.82. The summed E-state index contributed by atoms with van der Waals surface area (Å²) in [4.78, 5) is 11.9. The predicted octanol–water partition coefficient (Wildman–Crippen LogP) is 0.807. The van der Waals surface area contributed by atoms with Crippen LogP contribution in [0, 0.1) is 0 Å². The van der Waals surface area contributed by atoms with Gasteiger partial charge in [-0.15, -0.1) is 0 Å². The van der Waals surface area contributed by atoms with Crippen molar-refractivity contribution in [3.05, 3.63) is 22.5 Å². The van der Waals surface area contributed by atoms with Crippen LogP contribution >= 0.6 is 0 Å². The standard InChI is InChI=1S/C10H9NO3Se/c1-2-11-10(12)6-3-4-7-8(9(6)15-11)14-5-13-7/h3-4H,2,5H2,1H3. The second-order valence-electron chi connectivity index (χ2n) is 3.27. The van der Waals surface area contributed by atoms with Gasteiger partial charge in [-0.3, -0.25) is 0 Å². The van der Waals surface area contributed by atoms with Crippen molar-refractivity contribution in [3.63, 3.8) is 0 Å². The maximum atomic E-state index is 11.9. The van der Waals surface area contributed by atoms with Crippen molar-refractivity contribution in [2.75, 3.05) is 6.79 Å². The van der Waals surface area contributed by atoms with Gasteiger partial charge < -0.3 is 0 Å². The number of benzene rings is 1. The van der Waals surface area contributed by atoms with E-state index >= 15 is 0 Å². The molecule has 1 aliphatic rings. The molecule has 1 aliphatic heterocycles. The first-order valence-electron chi connectivity index (χ1n) is 4.73. The number of rotatable bonds is 1. The first-order chi connectivity index (χ1) is 7.31. The van der Waals surface area contributed by atoms with Crippen LogP contribution in [0.2, 0.25) is 0 Å². The Morgan fingerprint density at radius 1 is 1.47 bits per heavy atom. The molecule has 0 aliphatic carbocycles. The Labute approximate surface area is 92.0 Å². The fraction of sp³-hybridized carbons (Fsp3) is 0.300. The minimum absolute atomic E-state index is 0.0419. The molecule has 0 N–H and O–H groups in total. The van der Waals surface area contributed by atoms with Crippen LogP contribution in [-0.4, -0.2) is 25.1 Å². The van der Waals surface area contributed by atoms with Crippen molar-refractivity contribution in [1.29, 1.82) is 0 Å². The van der Waals surface area contributed by atoms with Crippen LogP contribution in [-0.2, 0) is 6.54 Å². The summed E-state index contributed by atoms with van der Waals surface area (Å²) in [6, 6.07) is 3.65. The van der Waals surface area contributed by atoms with Gasteiger partial charge >= 0.3 is 91.7 Å². The Morgan fingerprint density at radius 2 is 2.33 bits per heavy atom. The zero-order valence-electron chi connectivity index (χ0n) is 8.15. The summed E-state index contributed by atoms with van der Waals surface area (Å²) in [6.07, 6.45) is 0. The molecule has 2 heterocycles. The van der Waals surface area contributed by atoms with E-state index in [1.54, 1.807) is 0 Å². The SMILES string of the molecule is CCn1[se]c2c3c(ccc2c1=O)OCO3. The van der Waals surface area contributed by atoms with E-state index in [9.17, 15) is 4.79 Å². The normalized spacial score (nSPS) is 13.7. The zero-order valence-corrected chi connectivity index (χ0v) is 9.86. The van der Waals surface area contributed by atoms with Crippen molar-refractivity contribution in [2.24, 2.45) is 0 Å². The van der Waals surface area contributed by atoms with E-state index in [1.165, 1.54) is 0 Å². The molecule has 0 unspecified atom stereocenters. The summed E-state index contributed by atoms with van der Waals surface area (Å²) >= 11 is 0.0419. The van der Waals surface area contributed by atoms with Gasteiger partial charge in [-0.1, -0.05) is 0 Å². The summed E-state index contributed by atoms with van der Waals surface area (Å²) in [5.41, 5.74) is 0.116. The molecule has 0 atom stereocenters. The van der Waals surface area contributed by atoms with Crippen molar-refractivity contribution in [1.82, 2.24) is 3.56 Å². The number of fused-ring (bicyclic) bond motifs is 3. The first kappa shape index (κ1) is 9.07. The second kappa shape index (κ2) is 3.15. The van der Waals surface area contributed by atoms with Crippen LogP contribution in [0.1, 0.15) is 6.92 Å². The number of aromatic nitrogens is 1. The Kier molecular flexibility index (Phi) is 1.90. The molecule has 2 aromatic rings. The van der Waals surface area contributed by atoms with Crippen molar-refractivity contribution < 1.29 is 9.47 Å². The van der Waals surface area contributed by atoms with Crippen molar-refractivity contribution >= 4 is 24.4 Å². The van der Waals surface area contributed by atoms with E-state index in [0.29, 0.717) is 0 Å². The van der Waals surface area contributed by atoms with Gasteiger partial charge in [0, 0.05) is 0 Å². The number of nitrogens with zero attached hydrogens (tertiary/aromatic N) is 1. The molecule has 0 amide bonds. The zero-order chi connectivity index (χ0) is 10.4.